The Kier molecular flexibility index (Phi) is 4.46. The highest BCUT2D eigenvalue weighted by Gasteiger charge is 2.15. The van der Waals surface area contributed by atoms with Crippen molar-refractivity contribution in [3.05, 3.63) is 46.7 Å². The molecule has 2 heteroatoms. The fraction of sp³-hybridized carbons (Fsp3) is 0.316. The Morgan fingerprint density at radius 2 is 1.81 bits per heavy atom. The van der Waals surface area contributed by atoms with E-state index < -0.39 is 0 Å². The first-order chi connectivity index (χ1) is 10.0. The number of hydrogen-bond acceptors (Lipinski definition) is 1. The van der Waals surface area contributed by atoms with E-state index in [9.17, 15) is 0 Å². The molecule has 110 valence electrons. The predicted molar refractivity (Wildman–Crippen MR) is 93.6 cm³/mol. The number of aromatic nitrogens is 1. The van der Waals surface area contributed by atoms with Gasteiger partial charge in [0.25, 0.3) is 0 Å². The molecule has 0 atom stereocenters. The second-order valence-electron chi connectivity index (χ2n) is 5.42. The van der Waals surface area contributed by atoms with Gasteiger partial charge in [0.15, 0.2) is 0 Å². The van der Waals surface area contributed by atoms with Crippen molar-refractivity contribution in [2.75, 3.05) is 0 Å². The first-order valence-corrected chi connectivity index (χ1v) is 7.39. The van der Waals surface area contributed by atoms with Gasteiger partial charge in [-0.05, 0) is 57.4 Å². The van der Waals surface area contributed by atoms with E-state index in [1.54, 1.807) is 0 Å². The van der Waals surface area contributed by atoms with Gasteiger partial charge in [-0.25, -0.2) is 0 Å². The van der Waals surface area contributed by atoms with Crippen molar-refractivity contribution in [2.24, 2.45) is 12.0 Å². The van der Waals surface area contributed by atoms with Gasteiger partial charge in [0, 0.05) is 24.5 Å². The van der Waals surface area contributed by atoms with Crippen LogP contribution in [0.15, 0.2) is 29.3 Å². The number of allylic oxidation sites excluding steroid dienone is 1. The van der Waals surface area contributed by atoms with Crippen LogP contribution in [0.5, 0.6) is 0 Å². The summed E-state index contributed by atoms with van der Waals surface area (Å²) in [4.78, 5) is 4.47. The minimum Gasteiger partial charge on any atom is -0.347 e. The summed E-state index contributed by atoms with van der Waals surface area (Å²) in [7, 11) is 2.13. The molecular formula is C19H24N2. The van der Waals surface area contributed by atoms with Crippen LogP contribution in [-0.2, 0) is 7.05 Å². The molecule has 0 amide bonds. The van der Waals surface area contributed by atoms with Crippen molar-refractivity contribution in [1.82, 2.24) is 4.57 Å². The third-order valence-electron chi connectivity index (χ3n) is 4.07. The molecule has 2 nitrogen and oxygen atoms in total. The average Bonchev–Trinajstić information content (AvgIpc) is 2.66. The SMILES string of the molecule is C/C=N\c1cc(-c2c(C)c(/C=C/C)c(C)n2C)ccc1C. The molecule has 1 heterocycles. The highest BCUT2D eigenvalue weighted by Crippen LogP contribution is 2.33. The van der Waals surface area contributed by atoms with E-state index in [2.05, 4.69) is 74.7 Å². The lowest BCUT2D eigenvalue weighted by Gasteiger charge is -2.09. The third kappa shape index (κ3) is 2.71. The molecule has 0 aliphatic carbocycles. The van der Waals surface area contributed by atoms with Gasteiger partial charge in [0.05, 0.1) is 11.4 Å². The lowest BCUT2D eigenvalue weighted by molar-refractivity contribution is 0.888. The number of aliphatic imine (C=N–C) groups is 1. The van der Waals surface area contributed by atoms with Crippen molar-refractivity contribution < 1.29 is 0 Å². The lowest BCUT2D eigenvalue weighted by atomic mass is 10.0. The van der Waals surface area contributed by atoms with Gasteiger partial charge in [-0.3, -0.25) is 4.99 Å². The maximum Gasteiger partial charge on any atom is 0.0661 e. The summed E-state index contributed by atoms with van der Waals surface area (Å²) in [5.74, 6) is 0. The van der Waals surface area contributed by atoms with Gasteiger partial charge >= 0.3 is 0 Å². The van der Waals surface area contributed by atoms with Crippen LogP contribution in [0, 0.1) is 20.8 Å². The van der Waals surface area contributed by atoms with Crippen LogP contribution in [0.1, 0.15) is 36.2 Å². The van der Waals surface area contributed by atoms with Crippen LogP contribution in [0.25, 0.3) is 17.3 Å². The standard InChI is InChI=1S/C19H24N2/c1-7-9-17-14(4)19(21(6)15(17)5)16-11-10-13(3)18(12-16)20-8-2/h7-12H,1-6H3/b9-7+,20-8-. The Balaban J connectivity index is 2.68. The molecule has 0 saturated carbocycles. The summed E-state index contributed by atoms with van der Waals surface area (Å²) in [6, 6.07) is 6.51. The Hall–Kier alpha value is -2.09. The monoisotopic (exact) mass is 280 g/mol. The van der Waals surface area contributed by atoms with Crippen molar-refractivity contribution in [3.63, 3.8) is 0 Å². The van der Waals surface area contributed by atoms with Crippen LogP contribution in [0.3, 0.4) is 0 Å². The molecule has 21 heavy (non-hydrogen) atoms. The molecule has 1 aromatic carbocycles. The van der Waals surface area contributed by atoms with Crippen molar-refractivity contribution in [3.8, 4) is 11.3 Å². The smallest absolute Gasteiger partial charge is 0.0661 e. The molecule has 0 bridgehead atoms. The summed E-state index contributed by atoms with van der Waals surface area (Å²) in [6.07, 6.45) is 6.13. The van der Waals surface area contributed by atoms with Crippen molar-refractivity contribution in [2.45, 2.75) is 34.6 Å². The largest absolute Gasteiger partial charge is 0.347 e. The van der Waals surface area contributed by atoms with E-state index in [4.69, 9.17) is 0 Å². The Morgan fingerprint density at radius 3 is 2.43 bits per heavy atom. The van der Waals surface area contributed by atoms with Crippen LogP contribution in [0.4, 0.5) is 5.69 Å². The van der Waals surface area contributed by atoms with E-state index >= 15 is 0 Å². The number of rotatable bonds is 3. The molecule has 0 radical (unpaired) electrons. The normalized spacial score (nSPS) is 11.9. The van der Waals surface area contributed by atoms with E-state index in [-0.39, 0.29) is 0 Å². The zero-order chi connectivity index (χ0) is 15.6. The molecule has 0 aliphatic rings. The van der Waals surface area contributed by atoms with Crippen LogP contribution in [0.2, 0.25) is 0 Å². The molecule has 1 aromatic heterocycles. The Bertz CT molecular complexity index is 716. The minimum atomic E-state index is 1.04. The molecule has 0 spiro atoms. The summed E-state index contributed by atoms with van der Waals surface area (Å²) < 4.78 is 2.27. The third-order valence-corrected chi connectivity index (χ3v) is 4.07. The van der Waals surface area contributed by atoms with E-state index in [0.29, 0.717) is 0 Å². The second kappa shape index (κ2) is 6.13. The van der Waals surface area contributed by atoms with Gasteiger partial charge in [0.2, 0.25) is 0 Å². The molecule has 0 fully saturated rings. The van der Waals surface area contributed by atoms with Gasteiger partial charge in [-0.15, -0.1) is 0 Å². The van der Waals surface area contributed by atoms with Crippen molar-refractivity contribution in [1.29, 1.82) is 0 Å². The van der Waals surface area contributed by atoms with Crippen LogP contribution in [-0.4, -0.2) is 10.8 Å². The number of benzene rings is 1. The van der Waals surface area contributed by atoms with Gasteiger partial charge in [0.1, 0.15) is 0 Å². The highest BCUT2D eigenvalue weighted by atomic mass is 15.0. The number of hydrogen-bond donors (Lipinski definition) is 0. The van der Waals surface area contributed by atoms with E-state index in [1.165, 1.54) is 33.6 Å². The zero-order valence-electron chi connectivity index (χ0n) is 13.9. The quantitative estimate of drug-likeness (QED) is 0.672. The number of nitrogens with zero attached hydrogens (tertiary/aromatic N) is 2. The number of aryl methyl sites for hydroxylation is 1. The Labute approximate surface area is 127 Å². The lowest BCUT2D eigenvalue weighted by Crippen LogP contribution is -1.95. The van der Waals surface area contributed by atoms with Crippen LogP contribution >= 0.6 is 0 Å². The first kappa shape index (κ1) is 15.3. The van der Waals surface area contributed by atoms with Crippen LogP contribution < -0.4 is 0 Å². The fourth-order valence-electron chi connectivity index (χ4n) is 2.86. The molecule has 0 saturated heterocycles. The molecule has 0 N–H and O–H groups in total. The van der Waals surface area contributed by atoms with E-state index in [1.807, 2.05) is 13.1 Å². The van der Waals surface area contributed by atoms with Gasteiger partial charge < -0.3 is 4.57 Å². The summed E-state index contributed by atoms with van der Waals surface area (Å²) in [6.45, 7) is 10.5. The molecule has 2 rings (SSSR count). The molecular weight excluding hydrogens is 256 g/mol. The summed E-state index contributed by atoms with van der Waals surface area (Å²) in [5.41, 5.74) is 8.67. The zero-order valence-corrected chi connectivity index (χ0v) is 13.9. The highest BCUT2D eigenvalue weighted by molar-refractivity contribution is 5.76. The topological polar surface area (TPSA) is 17.3 Å². The average molecular weight is 280 g/mol. The summed E-state index contributed by atoms with van der Waals surface area (Å²) >= 11 is 0. The Morgan fingerprint density at radius 1 is 1.10 bits per heavy atom. The second-order valence-corrected chi connectivity index (χ2v) is 5.42. The maximum absolute atomic E-state index is 4.47. The predicted octanol–water partition coefficient (Wildman–Crippen LogP) is 5.37. The van der Waals surface area contributed by atoms with Gasteiger partial charge in [-0.1, -0.05) is 24.3 Å². The minimum absolute atomic E-state index is 1.04. The van der Waals surface area contributed by atoms with E-state index in [0.717, 1.165) is 5.69 Å². The van der Waals surface area contributed by atoms with Crippen molar-refractivity contribution >= 4 is 18.0 Å². The first-order valence-electron chi connectivity index (χ1n) is 7.39. The molecule has 0 aliphatic heterocycles. The van der Waals surface area contributed by atoms with Gasteiger partial charge in [-0.2, -0.15) is 0 Å². The molecule has 0 unspecified atom stereocenters. The summed E-state index contributed by atoms with van der Waals surface area (Å²) in [5, 5.41) is 0. The fourth-order valence-corrected chi connectivity index (χ4v) is 2.86. The molecule has 2 aromatic rings. The maximum atomic E-state index is 4.47.